The second-order valence-corrected chi connectivity index (χ2v) is 18.6. The largest absolute Gasteiger partial charge is 0.310 e. The molecule has 0 unspecified atom stereocenters. The van der Waals surface area contributed by atoms with Gasteiger partial charge in [-0.25, -0.2) is 0 Å². The van der Waals surface area contributed by atoms with E-state index in [1.54, 1.807) is 0 Å². The summed E-state index contributed by atoms with van der Waals surface area (Å²) in [6.45, 7) is 0. The Hall–Kier alpha value is -8.30. The van der Waals surface area contributed by atoms with Crippen LogP contribution in [0.25, 0.3) is 75.5 Å². The molecule has 67 heavy (non-hydrogen) atoms. The molecule has 0 N–H and O–H groups in total. The maximum Gasteiger partial charge on any atom is 0.0714 e. The molecule has 0 saturated heterocycles. The molecule has 0 atom stereocenters. The Balaban J connectivity index is 0.966. The number of hydrogen-bond donors (Lipinski definition) is 0. The Morgan fingerprint density at radius 2 is 0.836 bits per heavy atom. The van der Waals surface area contributed by atoms with Crippen molar-refractivity contribution in [3.8, 4) is 44.5 Å². The number of rotatable bonds is 8. The number of benzene rings is 11. The molecule has 1 nitrogen and oxygen atoms in total. The lowest BCUT2D eigenvalue weighted by Crippen LogP contribution is -2.28. The van der Waals surface area contributed by atoms with E-state index in [9.17, 15) is 0 Å². The molecule has 0 saturated carbocycles. The standard InChI is InChI=1S/C65H43NS/c1-3-20-49(21-4-1)65(50-22-5-2-6-23-50)61-30-11-9-25-57(61)58-41-40-53(43-62(58)65)66(52-38-34-46(35-39-52)56-28-15-29-60-59-26-10-12-31-63(59)67-64(56)60)51-36-32-44(33-37-51)47-18-13-19-48(42-47)55-27-14-17-45-16-7-8-24-54(45)55/h1-43H. The number of hydrogen-bond acceptors (Lipinski definition) is 2. The van der Waals surface area contributed by atoms with Gasteiger partial charge in [0.05, 0.1) is 5.41 Å². The first-order chi connectivity index (χ1) is 33.2. The number of fused-ring (bicyclic) bond motifs is 7. The van der Waals surface area contributed by atoms with E-state index in [0.29, 0.717) is 0 Å². The summed E-state index contributed by atoms with van der Waals surface area (Å²) in [4.78, 5) is 2.43. The van der Waals surface area contributed by atoms with Crippen molar-refractivity contribution in [1.29, 1.82) is 0 Å². The van der Waals surface area contributed by atoms with Crippen molar-refractivity contribution in [2.75, 3.05) is 4.90 Å². The first-order valence-electron chi connectivity index (χ1n) is 23.1. The van der Waals surface area contributed by atoms with Crippen LogP contribution < -0.4 is 4.90 Å². The number of anilines is 3. The fourth-order valence-corrected chi connectivity index (χ4v) is 12.2. The lowest BCUT2D eigenvalue weighted by atomic mass is 9.67. The highest BCUT2D eigenvalue weighted by Gasteiger charge is 2.46. The van der Waals surface area contributed by atoms with Crippen molar-refractivity contribution in [2.45, 2.75) is 5.41 Å². The first kappa shape index (κ1) is 39.1. The van der Waals surface area contributed by atoms with Gasteiger partial charge >= 0.3 is 0 Å². The van der Waals surface area contributed by atoms with Crippen molar-refractivity contribution >= 4 is 59.3 Å². The highest BCUT2D eigenvalue weighted by atomic mass is 32.1. The van der Waals surface area contributed by atoms with Crippen LogP contribution in [0.1, 0.15) is 22.3 Å². The average Bonchev–Trinajstić information content (AvgIpc) is 3.93. The molecule has 1 aliphatic rings. The van der Waals surface area contributed by atoms with Crippen LogP contribution in [0.15, 0.2) is 261 Å². The van der Waals surface area contributed by atoms with Crippen molar-refractivity contribution in [3.05, 3.63) is 283 Å². The minimum atomic E-state index is -0.512. The Kier molecular flexibility index (Phi) is 9.33. The van der Waals surface area contributed by atoms with Crippen molar-refractivity contribution < 1.29 is 0 Å². The average molecular weight is 870 g/mol. The van der Waals surface area contributed by atoms with E-state index in [0.717, 1.165) is 17.1 Å². The fourth-order valence-electron chi connectivity index (χ4n) is 10.9. The third-order valence-corrected chi connectivity index (χ3v) is 15.2. The van der Waals surface area contributed by atoms with Crippen LogP contribution in [0.5, 0.6) is 0 Å². The summed E-state index contributed by atoms with van der Waals surface area (Å²) in [5.74, 6) is 0. The lowest BCUT2D eigenvalue weighted by Gasteiger charge is -2.35. The zero-order chi connectivity index (χ0) is 44.3. The van der Waals surface area contributed by atoms with Gasteiger partial charge in [0.15, 0.2) is 0 Å². The SMILES string of the molecule is c1ccc(C2(c3ccccc3)c3ccccc3-c3ccc(N(c4ccc(-c5cccc(-c6cccc7ccccc67)c5)cc4)c4ccc(-c5cccc6c5sc5ccccc56)cc4)cc32)cc1. The number of thiophene rings is 1. The van der Waals surface area contributed by atoms with Gasteiger partial charge < -0.3 is 4.90 Å². The van der Waals surface area contributed by atoms with Crippen LogP contribution in [0.2, 0.25) is 0 Å². The summed E-state index contributed by atoms with van der Waals surface area (Å²) in [5, 5.41) is 5.14. The van der Waals surface area contributed by atoms with Crippen LogP contribution >= 0.6 is 11.3 Å². The molecule has 1 aliphatic carbocycles. The molecule has 1 heterocycles. The second-order valence-electron chi connectivity index (χ2n) is 17.6. The van der Waals surface area contributed by atoms with Crippen LogP contribution in [0, 0.1) is 0 Å². The highest BCUT2D eigenvalue weighted by molar-refractivity contribution is 7.26. The van der Waals surface area contributed by atoms with Gasteiger partial charge in [-0.1, -0.05) is 212 Å². The van der Waals surface area contributed by atoms with Gasteiger partial charge in [0.25, 0.3) is 0 Å². The van der Waals surface area contributed by atoms with Gasteiger partial charge in [0, 0.05) is 37.2 Å². The zero-order valence-electron chi connectivity index (χ0n) is 36.7. The molecule has 12 aromatic rings. The fraction of sp³-hybridized carbons (Fsp3) is 0.0154. The molecule has 314 valence electrons. The summed E-state index contributed by atoms with van der Waals surface area (Å²) in [6, 6.07) is 96.3. The molecule has 0 spiro atoms. The zero-order valence-corrected chi connectivity index (χ0v) is 37.5. The predicted octanol–water partition coefficient (Wildman–Crippen LogP) is 18.0. The van der Waals surface area contributed by atoms with Crippen LogP contribution in [-0.4, -0.2) is 0 Å². The van der Waals surface area contributed by atoms with Crippen LogP contribution in [0.3, 0.4) is 0 Å². The minimum absolute atomic E-state index is 0.512. The summed E-state index contributed by atoms with van der Waals surface area (Å²) in [7, 11) is 0. The van der Waals surface area contributed by atoms with Gasteiger partial charge in [-0.15, -0.1) is 11.3 Å². The molecule has 13 rings (SSSR count). The maximum absolute atomic E-state index is 2.46. The quantitative estimate of drug-likeness (QED) is 0.147. The smallest absolute Gasteiger partial charge is 0.0714 e. The van der Waals surface area contributed by atoms with E-state index in [4.69, 9.17) is 0 Å². The van der Waals surface area contributed by atoms with Gasteiger partial charge in [-0.3, -0.25) is 0 Å². The van der Waals surface area contributed by atoms with E-state index in [1.807, 2.05) is 11.3 Å². The van der Waals surface area contributed by atoms with E-state index >= 15 is 0 Å². The normalized spacial score (nSPS) is 12.6. The Bertz CT molecular complexity index is 3750. The molecular formula is C65H43NS. The van der Waals surface area contributed by atoms with Gasteiger partial charge in [0.1, 0.15) is 0 Å². The summed E-state index contributed by atoms with van der Waals surface area (Å²) in [6.07, 6.45) is 0. The molecule has 1 aromatic heterocycles. The van der Waals surface area contributed by atoms with Crippen molar-refractivity contribution in [3.63, 3.8) is 0 Å². The van der Waals surface area contributed by atoms with E-state index in [-0.39, 0.29) is 0 Å². The summed E-state index contributed by atoms with van der Waals surface area (Å²) >= 11 is 1.88. The van der Waals surface area contributed by atoms with E-state index < -0.39 is 5.41 Å². The third kappa shape index (κ3) is 6.37. The monoisotopic (exact) mass is 869 g/mol. The summed E-state index contributed by atoms with van der Waals surface area (Å²) in [5.41, 5.74) is 17.7. The molecule has 0 fully saturated rings. The molecular weight excluding hydrogens is 827 g/mol. The van der Waals surface area contributed by atoms with Crippen LogP contribution in [0.4, 0.5) is 17.1 Å². The predicted molar refractivity (Wildman–Crippen MR) is 285 cm³/mol. The van der Waals surface area contributed by atoms with Gasteiger partial charge in [-0.2, -0.15) is 0 Å². The molecule has 11 aromatic carbocycles. The molecule has 0 amide bonds. The highest BCUT2D eigenvalue weighted by Crippen LogP contribution is 2.57. The Morgan fingerprint density at radius 3 is 1.61 bits per heavy atom. The molecule has 0 radical (unpaired) electrons. The first-order valence-corrected chi connectivity index (χ1v) is 23.9. The minimum Gasteiger partial charge on any atom is -0.310 e. The molecule has 2 heteroatoms. The molecule has 0 bridgehead atoms. The van der Waals surface area contributed by atoms with Crippen molar-refractivity contribution in [1.82, 2.24) is 0 Å². The van der Waals surface area contributed by atoms with Gasteiger partial charge in [0.2, 0.25) is 0 Å². The summed E-state index contributed by atoms with van der Waals surface area (Å²) < 4.78 is 2.64. The third-order valence-electron chi connectivity index (χ3n) is 14.0. The van der Waals surface area contributed by atoms with E-state index in [1.165, 1.54) is 97.7 Å². The Labute approximate surface area is 395 Å². The molecule has 0 aliphatic heterocycles. The number of nitrogens with zero attached hydrogens (tertiary/aromatic N) is 1. The Morgan fingerprint density at radius 1 is 0.299 bits per heavy atom. The topological polar surface area (TPSA) is 3.24 Å². The van der Waals surface area contributed by atoms with Crippen LogP contribution in [-0.2, 0) is 5.41 Å². The second kappa shape index (κ2) is 16.0. The maximum atomic E-state index is 2.46. The van der Waals surface area contributed by atoms with Crippen molar-refractivity contribution in [2.24, 2.45) is 0 Å². The van der Waals surface area contributed by atoms with Gasteiger partial charge in [-0.05, 0) is 126 Å². The lowest BCUT2D eigenvalue weighted by molar-refractivity contribution is 0.768. The van der Waals surface area contributed by atoms with E-state index in [2.05, 4.69) is 266 Å².